The molecule has 2 aromatic heterocycles. The van der Waals surface area contributed by atoms with Gasteiger partial charge in [0.2, 0.25) is 5.70 Å². The van der Waals surface area contributed by atoms with Gasteiger partial charge in [-0.05, 0) is 176 Å². The minimum atomic E-state index is -2.93. The first-order valence-electron chi connectivity index (χ1n) is 39.0. The molecular weight excluding hydrogens is 1470 g/mol. The van der Waals surface area contributed by atoms with Crippen LogP contribution in [0.15, 0.2) is 233 Å². The van der Waals surface area contributed by atoms with Crippen LogP contribution in [-0.2, 0) is 9.47 Å². The third-order valence-corrected chi connectivity index (χ3v) is 32.2. The summed E-state index contributed by atoms with van der Waals surface area (Å²) in [4.78, 5) is 23.8. The Bertz CT molecular complexity index is 4960. The third-order valence-electron chi connectivity index (χ3n) is 20.4. The Labute approximate surface area is 682 Å². The average Bonchev–Trinajstić information content (AvgIpc) is 1.59. The van der Waals surface area contributed by atoms with Gasteiger partial charge in [0.25, 0.3) is 0 Å². The highest BCUT2D eigenvalue weighted by Crippen LogP contribution is 2.45. The number of carbonyl (C=O) groups is 1. The number of allylic oxidation sites excluding steroid dienone is 3. The van der Waals surface area contributed by atoms with Gasteiger partial charge in [0.05, 0.1) is 17.0 Å². The predicted molar refractivity (Wildman–Crippen MR) is 473 cm³/mol. The molecule has 0 fully saturated rings. The van der Waals surface area contributed by atoms with Crippen LogP contribution in [0.1, 0.15) is 191 Å². The van der Waals surface area contributed by atoms with Gasteiger partial charge in [-0.2, -0.15) is 26.3 Å². The molecule has 2 aliphatic rings. The van der Waals surface area contributed by atoms with Gasteiger partial charge in [0.1, 0.15) is 53.0 Å². The minimum absolute atomic E-state index is 0.0467. The fourth-order valence-electron chi connectivity index (χ4n) is 14.0. The van der Waals surface area contributed by atoms with Crippen molar-refractivity contribution in [2.24, 2.45) is 0 Å². The number of carbonyl (C=O) groups excluding carboxylic acids is 1. The molecule has 0 aliphatic carbocycles. The maximum atomic E-state index is 11.3. The first-order valence-corrected chi connectivity index (χ1v) is 44.5. The molecule has 0 saturated heterocycles. The monoisotopic (exact) mass is 1570 g/mol. The lowest BCUT2D eigenvalue weighted by Crippen LogP contribution is -2.68. The number of nitriles is 5. The van der Waals surface area contributed by atoms with Crippen LogP contribution < -0.4 is 39.4 Å². The second-order valence-electron chi connectivity index (χ2n) is 31.0. The van der Waals surface area contributed by atoms with Crippen molar-refractivity contribution < 1.29 is 23.1 Å². The standard InChI is InChI=1S/C48H52N4O2SSi.C37H45NO2SSi.C11H9N3O/c1-9-11-31-52(32-12-10-2)38-25-23-36(44(33-38)54-56(47(3,4)5,41-19-15-13-16-20-41)42-21-17-14-18-22-42)24-26-39-27-28-40(55-39)29-30-43-45(51-8)46(37(34-49)35-50)53-48(43,6)7;1-6-8-26-38(27-9-7-2)31-22-20-30(21-23-32-24-25-33(29-39)41-32)36(28-31)40-42(37(3,4)5,34-16-12-10-13-17-34)35-18-14-11-15-19-35;1-7-9(6-14)10(8(4-12)5-13)15-11(7,2)3/h13-30,33H,9-12,31-32H2,1-7H3;10-25,28-29H,6-9,26-27H2,1-5H3;1-3H3/b26-24+,30-29+;23-21+;. The van der Waals surface area contributed by atoms with E-state index < -0.39 is 27.8 Å². The van der Waals surface area contributed by atoms with Crippen LogP contribution in [-0.4, -0.2) is 60.3 Å². The van der Waals surface area contributed by atoms with E-state index in [0.29, 0.717) is 5.57 Å². The summed E-state index contributed by atoms with van der Waals surface area (Å²) in [5.74, 6) is 1.93. The van der Waals surface area contributed by atoms with Crippen molar-refractivity contribution >= 4 is 108 Å². The summed E-state index contributed by atoms with van der Waals surface area (Å²) in [6, 6.07) is 73.8. The van der Waals surface area contributed by atoms with E-state index in [4.69, 9.17) is 40.7 Å². The molecule has 0 spiro atoms. The van der Waals surface area contributed by atoms with Gasteiger partial charge < -0.3 is 28.1 Å². The zero-order valence-electron chi connectivity index (χ0n) is 68.3. The number of hydrogen-bond acceptors (Lipinski definition) is 14. The molecule has 0 unspecified atom stereocenters. The van der Waals surface area contributed by atoms with E-state index in [-0.39, 0.29) is 44.0 Å². The minimum Gasteiger partial charge on any atom is -0.534 e. The van der Waals surface area contributed by atoms with Crippen molar-refractivity contribution in [3.8, 4) is 41.8 Å². The van der Waals surface area contributed by atoms with Gasteiger partial charge in [-0.1, -0.05) is 222 Å². The fourth-order valence-corrected chi connectivity index (χ4v) is 24.4. The van der Waals surface area contributed by atoms with Gasteiger partial charge in [-0.15, -0.1) is 22.7 Å². The lowest BCUT2D eigenvalue weighted by atomic mass is 9.97. The molecule has 4 heterocycles. The average molecular weight is 1570 g/mol. The molecule has 0 N–H and O–H groups in total. The normalized spacial score (nSPS) is 13.7. The highest BCUT2D eigenvalue weighted by atomic mass is 32.1. The van der Waals surface area contributed by atoms with E-state index in [1.807, 2.05) is 56.3 Å². The molecule has 10 rings (SSSR count). The summed E-state index contributed by atoms with van der Waals surface area (Å²) in [7, 11) is -5.77. The van der Waals surface area contributed by atoms with Gasteiger partial charge in [-0.3, -0.25) is 4.79 Å². The van der Waals surface area contributed by atoms with E-state index >= 15 is 0 Å². The van der Waals surface area contributed by atoms with Crippen LogP contribution >= 0.6 is 22.7 Å². The Morgan fingerprint density at radius 2 is 0.814 bits per heavy atom. The van der Waals surface area contributed by atoms with Gasteiger partial charge in [0.15, 0.2) is 29.0 Å². The molecule has 0 radical (unpaired) electrons. The molecule has 0 atom stereocenters. The van der Waals surface area contributed by atoms with Crippen LogP contribution in [0.25, 0.3) is 35.2 Å². The lowest BCUT2D eigenvalue weighted by Gasteiger charge is -2.43. The largest absolute Gasteiger partial charge is 0.534 e. The van der Waals surface area contributed by atoms with Crippen LogP contribution in [0.4, 0.5) is 11.4 Å². The Morgan fingerprint density at radius 1 is 0.478 bits per heavy atom. The number of hydrogen-bond donors (Lipinski definition) is 0. The first-order chi connectivity index (χ1) is 54.2. The Morgan fingerprint density at radius 3 is 1.13 bits per heavy atom. The summed E-state index contributed by atoms with van der Waals surface area (Å²) in [6.45, 7) is 43.8. The summed E-state index contributed by atoms with van der Waals surface area (Å²) in [5, 5.41) is 49.9. The number of ether oxygens (including phenoxy) is 2. The number of thiophene rings is 2. The van der Waals surface area contributed by atoms with Crippen molar-refractivity contribution in [3.05, 3.63) is 275 Å². The molecule has 580 valence electrons. The predicted octanol–water partition coefficient (Wildman–Crippen LogP) is 22.6. The fraction of sp³-hybridized carbons (Fsp3) is 0.323. The molecular formula is C96H106N8O5S2Si2. The summed E-state index contributed by atoms with van der Waals surface area (Å²) < 4.78 is 26.7. The van der Waals surface area contributed by atoms with Crippen LogP contribution in [0.5, 0.6) is 11.5 Å². The quantitative estimate of drug-likeness (QED) is 0.0187. The number of nitrogens with zero attached hydrogens (tertiary/aromatic N) is 8. The number of anilines is 2. The molecule has 13 nitrogen and oxygen atoms in total. The molecule has 2 aliphatic heterocycles. The smallest absolute Gasteiger partial charge is 0.319 e. The highest BCUT2D eigenvalue weighted by molar-refractivity contribution is 7.14. The van der Waals surface area contributed by atoms with Crippen molar-refractivity contribution in [1.29, 1.82) is 26.3 Å². The summed E-state index contributed by atoms with van der Waals surface area (Å²) in [6.07, 6.45) is 22.5. The third kappa shape index (κ3) is 21.1. The highest BCUT2D eigenvalue weighted by Gasteiger charge is 2.54. The van der Waals surface area contributed by atoms with Crippen LogP contribution in [0.2, 0.25) is 10.1 Å². The Kier molecular flexibility index (Phi) is 31.1. The number of benzene rings is 6. The topological polar surface area (TPSA) is 184 Å². The Hall–Kier alpha value is -11.3. The van der Waals surface area contributed by atoms with Gasteiger partial charge in [0, 0.05) is 81.0 Å². The molecule has 0 bridgehead atoms. The zero-order valence-corrected chi connectivity index (χ0v) is 71.9. The van der Waals surface area contributed by atoms with E-state index in [1.54, 1.807) is 44.2 Å². The van der Waals surface area contributed by atoms with E-state index in [1.165, 1.54) is 56.3 Å². The summed E-state index contributed by atoms with van der Waals surface area (Å²) >= 11 is 3.13. The van der Waals surface area contributed by atoms with Gasteiger partial charge in [-0.25, -0.2) is 4.85 Å². The molecule has 113 heavy (non-hydrogen) atoms. The summed E-state index contributed by atoms with van der Waals surface area (Å²) in [5.41, 5.74) is 4.46. The van der Waals surface area contributed by atoms with E-state index in [9.17, 15) is 15.3 Å². The number of unbranched alkanes of at least 4 members (excludes halogenated alkanes) is 4. The Balaban J connectivity index is 0.000000245. The maximum absolute atomic E-state index is 11.3. The second kappa shape index (κ2) is 40.3. The van der Waals surface area contributed by atoms with Crippen molar-refractivity contribution in [1.82, 2.24) is 0 Å². The lowest BCUT2D eigenvalue weighted by molar-refractivity contribution is 0.0927. The van der Waals surface area contributed by atoms with Crippen LogP contribution in [0, 0.1) is 63.2 Å². The molecule has 6 aromatic carbocycles. The second-order valence-corrected chi connectivity index (χ2v) is 41.8. The van der Waals surface area contributed by atoms with Crippen molar-refractivity contribution in [3.63, 3.8) is 0 Å². The maximum Gasteiger partial charge on any atom is 0.319 e. The van der Waals surface area contributed by atoms with E-state index in [0.717, 1.165) is 119 Å². The molecule has 0 amide bonds. The van der Waals surface area contributed by atoms with Crippen molar-refractivity contribution in [2.75, 3.05) is 36.0 Å². The number of aldehydes is 1. The molecule has 0 saturated carbocycles. The van der Waals surface area contributed by atoms with Gasteiger partial charge >= 0.3 is 16.6 Å². The van der Waals surface area contributed by atoms with Crippen LogP contribution in [0.3, 0.4) is 0 Å². The SMILES string of the molecule is CC1=C(C#N)C(=C(C#N)C#N)OC1(C)C.CCCCN(CCCC)c1ccc(/C=C/c2ccc(C=O)s2)c(O[Si](c2ccccc2)(c2ccccc2)C(C)(C)C)c1.[C-]#[N+]C1=C(/C=C/c2ccc(/C=C/c3ccc(N(CCCC)CCCC)cc3O[Si](c3ccccc3)(c3ccccc3)C(C)(C)C)s2)C(C)(C)OC1=C(C#N)C#N. The zero-order chi connectivity index (χ0) is 82.0. The van der Waals surface area contributed by atoms with Crippen molar-refractivity contribution in [2.45, 2.75) is 177 Å². The van der Waals surface area contributed by atoms with E-state index in [2.05, 4.69) is 278 Å². The molecule has 8 aromatic rings. The molecule has 17 heteroatoms. The number of rotatable bonds is 29. The first kappa shape index (κ1) is 87.3.